The standard InChI is InChI=1S/C16H27NS/c1-6-13-7-9-15(10-8-13)17(5)11-14(12-18)16(2,3)4/h7-10,14,18H,6,11-12H2,1-5H3. The molecule has 1 aromatic carbocycles. The summed E-state index contributed by atoms with van der Waals surface area (Å²) in [6.45, 7) is 10.1. The summed E-state index contributed by atoms with van der Waals surface area (Å²) < 4.78 is 0. The molecule has 0 fully saturated rings. The predicted octanol–water partition coefficient (Wildman–Crippen LogP) is 4.28. The second kappa shape index (κ2) is 6.51. The molecular weight excluding hydrogens is 238 g/mol. The molecule has 0 saturated carbocycles. The molecule has 0 aliphatic rings. The van der Waals surface area contributed by atoms with Crippen molar-refractivity contribution in [3.63, 3.8) is 0 Å². The summed E-state index contributed by atoms with van der Waals surface area (Å²) >= 11 is 4.50. The molecule has 0 aromatic heterocycles. The van der Waals surface area contributed by atoms with E-state index in [4.69, 9.17) is 0 Å². The molecule has 102 valence electrons. The Morgan fingerprint density at radius 2 is 1.72 bits per heavy atom. The summed E-state index contributed by atoms with van der Waals surface area (Å²) in [5, 5.41) is 0. The Balaban J connectivity index is 2.71. The van der Waals surface area contributed by atoms with Gasteiger partial charge in [-0.3, -0.25) is 0 Å². The average molecular weight is 265 g/mol. The lowest BCUT2D eigenvalue weighted by molar-refractivity contribution is 0.272. The van der Waals surface area contributed by atoms with E-state index in [9.17, 15) is 0 Å². The summed E-state index contributed by atoms with van der Waals surface area (Å²) in [6, 6.07) is 8.88. The van der Waals surface area contributed by atoms with E-state index in [1.54, 1.807) is 0 Å². The van der Waals surface area contributed by atoms with Crippen LogP contribution < -0.4 is 4.90 Å². The van der Waals surface area contributed by atoms with Gasteiger partial charge in [0.2, 0.25) is 0 Å². The molecule has 1 rings (SSSR count). The first-order chi connectivity index (χ1) is 8.38. The van der Waals surface area contributed by atoms with Crippen molar-refractivity contribution in [2.75, 3.05) is 24.2 Å². The Morgan fingerprint density at radius 1 is 1.17 bits per heavy atom. The van der Waals surface area contributed by atoms with Gasteiger partial charge in [0, 0.05) is 19.3 Å². The molecule has 1 atom stereocenters. The van der Waals surface area contributed by atoms with Crippen LogP contribution in [0.2, 0.25) is 0 Å². The third kappa shape index (κ3) is 4.24. The Bertz CT molecular complexity index is 350. The molecule has 0 radical (unpaired) electrons. The van der Waals surface area contributed by atoms with E-state index in [2.05, 4.69) is 76.5 Å². The number of thiol groups is 1. The van der Waals surface area contributed by atoms with Crippen LogP contribution in [0, 0.1) is 11.3 Å². The Labute approximate surface area is 118 Å². The van der Waals surface area contributed by atoms with E-state index in [0.29, 0.717) is 11.3 Å². The molecule has 1 aromatic rings. The molecule has 2 heteroatoms. The Morgan fingerprint density at radius 3 is 2.11 bits per heavy atom. The molecule has 0 spiro atoms. The van der Waals surface area contributed by atoms with E-state index >= 15 is 0 Å². The second-order valence-electron chi connectivity index (χ2n) is 6.15. The van der Waals surface area contributed by atoms with Gasteiger partial charge in [0.25, 0.3) is 0 Å². The first-order valence-electron chi connectivity index (χ1n) is 6.79. The minimum atomic E-state index is 0.305. The SMILES string of the molecule is CCc1ccc(N(C)CC(CS)C(C)(C)C)cc1. The number of anilines is 1. The number of hydrogen-bond acceptors (Lipinski definition) is 2. The highest BCUT2D eigenvalue weighted by atomic mass is 32.1. The molecule has 0 aliphatic heterocycles. The Hall–Kier alpha value is -0.630. The highest BCUT2D eigenvalue weighted by Gasteiger charge is 2.24. The topological polar surface area (TPSA) is 3.24 Å². The van der Waals surface area contributed by atoms with Gasteiger partial charge in [-0.1, -0.05) is 39.8 Å². The van der Waals surface area contributed by atoms with Gasteiger partial charge in [-0.15, -0.1) is 0 Å². The minimum Gasteiger partial charge on any atom is -0.374 e. The maximum atomic E-state index is 4.50. The molecule has 0 aliphatic carbocycles. The van der Waals surface area contributed by atoms with Crippen LogP contribution in [0.5, 0.6) is 0 Å². The van der Waals surface area contributed by atoms with Crippen molar-refractivity contribution in [1.82, 2.24) is 0 Å². The van der Waals surface area contributed by atoms with Gasteiger partial charge in [0.15, 0.2) is 0 Å². The number of aryl methyl sites for hydroxylation is 1. The van der Waals surface area contributed by atoms with Gasteiger partial charge >= 0.3 is 0 Å². The lowest BCUT2D eigenvalue weighted by atomic mass is 9.81. The van der Waals surface area contributed by atoms with Crippen LogP contribution >= 0.6 is 12.6 Å². The zero-order valence-corrected chi connectivity index (χ0v) is 13.3. The van der Waals surface area contributed by atoms with Crippen LogP contribution in [0.3, 0.4) is 0 Å². The summed E-state index contributed by atoms with van der Waals surface area (Å²) in [5.41, 5.74) is 3.00. The molecule has 1 unspecified atom stereocenters. The lowest BCUT2D eigenvalue weighted by Crippen LogP contribution is -2.34. The van der Waals surface area contributed by atoms with Crippen molar-refractivity contribution in [1.29, 1.82) is 0 Å². The van der Waals surface area contributed by atoms with E-state index in [1.807, 2.05) is 0 Å². The minimum absolute atomic E-state index is 0.305. The van der Waals surface area contributed by atoms with Gasteiger partial charge in [0.1, 0.15) is 0 Å². The van der Waals surface area contributed by atoms with E-state index in [0.717, 1.165) is 18.7 Å². The molecule has 1 nitrogen and oxygen atoms in total. The molecular formula is C16H27NS. The fourth-order valence-electron chi connectivity index (χ4n) is 2.03. The van der Waals surface area contributed by atoms with Crippen molar-refractivity contribution in [2.45, 2.75) is 34.1 Å². The fourth-order valence-corrected chi connectivity index (χ4v) is 2.69. The highest BCUT2D eigenvalue weighted by Crippen LogP contribution is 2.28. The first-order valence-corrected chi connectivity index (χ1v) is 7.42. The predicted molar refractivity (Wildman–Crippen MR) is 85.9 cm³/mol. The van der Waals surface area contributed by atoms with E-state index < -0.39 is 0 Å². The van der Waals surface area contributed by atoms with Crippen LogP contribution in [0.15, 0.2) is 24.3 Å². The maximum Gasteiger partial charge on any atom is 0.0363 e. The Kier molecular flexibility index (Phi) is 5.58. The molecule has 0 N–H and O–H groups in total. The monoisotopic (exact) mass is 265 g/mol. The van der Waals surface area contributed by atoms with E-state index in [1.165, 1.54) is 11.3 Å². The summed E-state index contributed by atoms with van der Waals surface area (Å²) in [5.74, 6) is 1.53. The van der Waals surface area contributed by atoms with Crippen LogP contribution in [0.4, 0.5) is 5.69 Å². The largest absolute Gasteiger partial charge is 0.374 e. The van der Waals surface area contributed by atoms with Crippen LogP contribution in [0.25, 0.3) is 0 Å². The number of rotatable bonds is 5. The highest BCUT2D eigenvalue weighted by molar-refractivity contribution is 7.80. The normalized spacial score (nSPS) is 13.4. The van der Waals surface area contributed by atoms with Crippen molar-refractivity contribution in [3.05, 3.63) is 29.8 Å². The van der Waals surface area contributed by atoms with Crippen molar-refractivity contribution >= 4 is 18.3 Å². The number of nitrogens with zero attached hydrogens (tertiary/aromatic N) is 1. The van der Waals surface area contributed by atoms with Gasteiger partial charge in [-0.2, -0.15) is 12.6 Å². The van der Waals surface area contributed by atoms with E-state index in [-0.39, 0.29) is 0 Å². The van der Waals surface area contributed by atoms with Crippen LogP contribution in [0.1, 0.15) is 33.3 Å². The molecule has 0 saturated heterocycles. The van der Waals surface area contributed by atoms with Crippen molar-refractivity contribution in [3.8, 4) is 0 Å². The summed E-state index contributed by atoms with van der Waals surface area (Å²) in [4.78, 5) is 2.34. The van der Waals surface area contributed by atoms with Gasteiger partial charge in [-0.25, -0.2) is 0 Å². The number of hydrogen-bond donors (Lipinski definition) is 1. The van der Waals surface area contributed by atoms with Gasteiger partial charge in [0.05, 0.1) is 0 Å². The fraction of sp³-hybridized carbons (Fsp3) is 0.625. The molecule has 0 heterocycles. The number of benzene rings is 1. The quantitative estimate of drug-likeness (QED) is 0.778. The smallest absolute Gasteiger partial charge is 0.0363 e. The van der Waals surface area contributed by atoms with Crippen molar-refractivity contribution < 1.29 is 0 Å². The summed E-state index contributed by atoms with van der Waals surface area (Å²) in [7, 11) is 2.17. The molecule has 0 amide bonds. The summed E-state index contributed by atoms with van der Waals surface area (Å²) in [6.07, 6.45) is 1.10. The molecule has 0 bridgehead atoms. The zero-order valence-electron chi connectivity index (χ0n) is 12.4. The molecule has 18 heavy (non-hydrogen) atoms. The lowest BCUT2D eigenvalue weighted by Gasteiger charge is -2.34. The average Bonchev–Trinajstić information content (AvgIpc) is 2.34. The van der Waals surface area contributed by atoms with Gasteiger partial charge < -0.3 is 4.90 Å². The van der Waals surface area contributed by atoms with Crippen LogP contribution in [-0.4, -0.2) is 19.3 Å². The third-order valence-corrected chi connectivity index (χ3v) is 4.17. The van der Waals surface area contributed by atoms with Gasteiger partial charge in [-0.05, 0) is 41.2 Å². The van der Waals surface area contributed by atoms with Crippen LogP contribution in [-0.2, 0) is 6.42 Å². The third-order valence-electron chi connectivity index (χ3n) is 3.72. The second-order valence-corrected chi connectivity index (χ2v) is 6.51. The zero-order chi connectivity index (χ0) is 13.8. The maximum absolute atomic E-state index is 4.50. The first kappa shape index (κ1) is 15.4. The van der Waals surface area contributed by atoms with Crippen molar-refractivity contribution in [2.24, 2.45) is 11.3 Å².